The zero-order chi connectivity index (χ0) is 32.6. The number of methoxy groups -OCH3 is 2. The van der Waals surface area contributed by atoms with Crippen LogP contribution in [-0.2, 0) is 14.2 Å². The van der Waals surface area contributed by atoms with E-state index in [9.17, 15) is 4.79 Å². The first-order valence-electron chi connectivity index (χ1n) is 16.0. The molecule has 0 N–H and O–H groups in total. The Morgan fingerprint density at radius 1 is 0.727 bits per heavy atom. The standard InChI is InChI=1S/C35H56O8Si/c1-10-12-13-14-15-16-17-18-19-40-29-20-27(21-30(24-29)43-44(8,9)35(3,4)5)33-31(41-25-37-6)22-28(34(36)39-11-2)23-32(33)42-26-38-7/h20-24H,10-19,25-26H2,1-9H3. The lowest BCUT2D eigenvalue weighted by atomic mass is 10.00. The molecule has 0 aliphatic carbocycles. The molecule has 0 heterocycles. The van der Waals surface area contributed by atoms with Gasteiger partial charge in [0.05, 0.1) is 24.3 Å². The van der Waals surface area contributed by atoms with Crippen LogP contribution in [0.5, 0.6) is 23.0 Å². The van der Waals surface area contributed by atoms with Gasteiger partial charge in [-0.25, -0.2) is 4.79 Å². The average Bonchev–Trinajstić information content (AvgIpc) is 2.97. The van der Waals surface area contributed by atoms with Gasteiger partial charge < -0.3 is 32.8 Å². The van der Waals surface area contributed by atoms with Crippen LogP contribution in [-0.4, -0.2) is 55.3 Å². The molecule has 0 atom stereocenters. The summed E-state index contributed by atoms with van der Waals surface area (Å²) in [5.41, 5.74) is 1.69. The maximum absolute atomic E-state index is 12.7. The maximum atomic E-state index is 12.7. The molecule has 0 aliphatic heterocycles. The molecule has 0 unspecified atom stereocenters. The van der Waals surface area contributed by atoms with Crippen LogP contribution < -0.4 is 18.6 Å². The molecule has 248 valence electrons. The van der Waals surface area contributed by atoms with Gasteiger partial charge in [-0.15, -0.1) is 0 Å². The normalized spacial score (nSPS) is 11.8. The summed E-state index contributed by atoms with van der Waals surface area (Å²) in [6.07, 6.45) is 9.83. The fraction of sp³-hybridized carbons (Fsp3) is 0.629. The van der Waals surface area contributed by atoms with Crippen molar-refractivity contribution in [1.82, 2.24) is 0 Å². The summed E-state index contributed by atoms with van der Waals surface area (Å²) in [5, 5.41) is 0.00190. The van der Waals surface area contributed by atoms with Crippen molar-refractivity contribution in [2.75, 3.05) is 41.0 Å². The number of unbranched alkanes of at least 4 members (excludes halogenated alkanes) is 7. The number of ether oxygens (including phenoxy) is 6. The Morgan fingerprint density at radius 2 is 1.27 bits per heavy atom. The summed E-state index contributed by atoms with van der Waals surface area (Å²) in [4.78, 5) is 12.7. The fourth-order valence-corrected chi connectivity index (χ4v) is 5.42. The van der Waals surface area contributed by atoms with E-state index in [1.807, 2.05) is 18.2 Å². The molecule has 2 aromatic carbocycles. The molecular formula is C35H56O8Si. The predicted molar refractivity (Wildman–Crippen MR) is 179 cm³/mol. The van der Waals surface area contributed by atoms with Crippen LogP contribution in [0.3, 0.4) is 0 Å². The Kier molecular flexibility index (Phi) is 16.1. The quantitative estimate of drug-likeness (QED) is 0.0583. The van der Waals surface area contributed by atoms with Crippen LogP contribution in [0, 0.1) is 0 Å². The van der Waals surface area contributed by atoms with Gasteiger partial charge in [0.25, 0.3) is 0 Å². The third kappa shape index (κ3) is 12.0. The molecule has 0 aromatic heterocycles. The zero-order valence-corrected chi connectivity index (χ0v) is 29.6. The molecule has 9 heteroatoms. The maximum Gasteiger partial charge on any atom is 0.338 e. The van der Waals surface area contributed by atoms with Crippen molar-refractivity contribution in [3.05, 3.63) is 35.9 Å². The van der Waals surface area contributed by atoms with Crippen molar-refractivity contribution in [2.24, 2.45) is 0 Å². The molecule has 0 saturated carbocycles. The highest BCUT2D eigenvalue weighted by molar-refractivity contribution is 6.74. The highest BCUT2D eigenvalue weighted by atomic mass is 28.4. The first-order chi connectivity index (χ1) is 21.0. The van der Waals surface area contributed by atoms with Gasteiger partial charge in [-0.05, 0) is 61.3 Å². The lowest BCUT2D eigenvalue weighted by molar-refractivity contribution is 0.0449. The summed E-state index contributed by atoms with van der Waals surface area (Å²) < 4.78 is 40.8. The number of carbonyl (C=O) groups excluding carboxylic acids is 1. The molecule has 0 bridgehead atoms. The summed E-state index contributed by atoms with van der Waals surface area (Å²) in [7, 11) is 0.910. The Balaban J connectivity index is 2.52. The van der Waals surface area contributed by atoms with E-state index in [1.54, 1.807) is 33.3 Å². The van der Waals surface area contributed by atoms with E-state index in [0.29, 0.717) is 40.7 Å². The van der Waals surface area contributed by atoms with E-state index < -0.39 is 14.3 Å². The van der Waals surface area contributed by atoms with Gasteiger partial charge in [-0.3, -0.25) is 0 Å². The van der Waals surface area contributed by atoms with Crippen LogP contribution >= 0.6 is 0 Å². The number of rotatable bonds is 21. The molecular weight excluding hydrogens is 576 g/mol. The van der Waals surface area contributed by atoms with Crippen molar-refractivity contribution in [3.8, 4) is 34.1 Å². The molecule has 0 radical (unpaired) electrons. The molecule has 0 saturated heterocycles. The fourth-order valence-electron chi connectivity index (χ4n) is 4.41. The van der Waals surface area contributed by atoms with Crippen LogP contribution in [0.4, 0.5) is 0 Å². The van der Waals surface area contributed by atoms with Crippen molar-refractivity contribution < 1.29 is 37.6 Å². The third-order valence-electron chi connectivity index (χ3n) is 7.86. The predicted octanol–water partition coefficient (Wildman–Crippen LogP) is 9.40. The minimum absolute atomic E-state index is 0.00190. The second-order valence-electron chi connectivity index (χ2n) is 12.5. The van der Waals surface area contributed by atoms with Crippen LogP contribution in [0.15, 0.2) is 30.3 Å². The highest BCUT2D eigenvalue weighted by Crippen LogP contribution is 2.44. The number of benzene rings is 2. The van der Waals surface area contributed by atoms with Gasteiger partial charge in [-0.1, -0.05) is 72.6 Å². The Hall–Kier alpha value is -2.75. The molecule has 0 spiro atoms. The molecule has 0 aliphatic rings. The summed E-state index contributed by atoms with van der Waals surface area (Å²) in [6.45, 7) is 15.9. The van der Waals surface area contributed by atoms with Gasteiger partial charge in [-0.2, -0.15) is 0 Å². The van der Waals surface area contributed by atoms with E-state index in [2.05, 4.69) is 40.8 Å². The van der Waals surface area contributed by atoms with Crippen LogP contribution in [0.2, 0.25) is 18.1 Å². The van der Waals surface area contributed by atoms with Gasteiger partial charge in [0, 0.05) is 20.3 Å². The molecule has 2 aromatic rings. The Labute approximate surface area is 266 Å². The van der Waals surface area contributed by atoms with E-state index in [1.165, 1.54) is 38.5 Å². The van der Waals surface area contributed by atoms with Crippen LogP contribution in [0.1, 0.15) is 96.3 Å². The topological polar surface area (TPSA) is 81.7 Å². The van der Waals surface area contributed by atoms with E-state index in [-0.39, 0.29) is 25.2 Å². The minimum atomic E-state index is -2.18. The second kappa shape index (κ2) is 18.9. The van der Waals surface area contributed by atoms with E-state index in [0.717, 1.165) is 18.4 Å². The first kappa shape index (κ1) is 37.4. The zero-order valence-electron chi connectivity index (χ0n) is 28.6. The molecule has 0 amide bonds. The van der Waals surface area contributed by atoms with Crippen molar-refractivity contribution in [3.63, 3.8) is 0 Å². The lowest BCUT2D eigenvalue weighted by Crippen LogP contribution is -2.43. The second-order valence-corrected chi connectivity index (χ2v) is 17.3. The van der Waals surface area contributed by atoms with E-state index >= 15 is 0 Å². The summed E-state index contributed by atoms with van der Waals surface area (Å²) >= 11 is 0. The molecule has 2 rings (SSSR count). The Bertz CT molecular complexity index is 1110. The molecule has 44 heavy (non-hydrogen) atoms. The molecule has 8 nitrogen and oxygen atoms in total. The van der Waals surface area contributed by atoms with Crippen molar-refractivity contribution >= 4 is 14.3 Å². The smallest absolute Gasteiger partial charge is 0.338 e. The SMILES string of the molecule is CCCCCCCCCCOc1cc(O[Si](C)(C)C(C)(C)C)cc(-c2c(OCOC)cc(C(=O)OCC)cc2OCOC)c1. The molecule has 0 fully saturated rings. The van der Waals surface area contributed by atoms with E-state index in [4.69, 9.17) is 32.8 Å². The van der Waals surface area contributed by atoms with Crippen molar-refractivity contribution in [2.45, 2.75) is 104 Å². The Morgan fingerprint density at radius 3 is 1.80 bits per heavy atom. The lowest BCUT2D eigenvalue weighted by Gasteiger charge is -2.36. The van der Waals surface area contributed by atoms with Gasteiger partial charge >= 0.3 is 5.97 Å². The third-order valence-corrected chi connectivity index (χ3v) is 12.2. The monoisotopic (exact) mass is 632 g/mol. The largest absolute Gasteiger partial charge is 0.543 e. The van der Waals surface area contributed by atoms with Gasteiger partial charge in [0.1, 0.15) is 23.0 Å². The summed E-state index contributed by atoms with van der Waals surface area (Å²) in [5.74, 6) is 1.74. The minimum Gasteiger partial charge on any atom is -0.543 e. The highest BCUT2D eigenvalue weighted by Gasteiger charge is 2.39. The number of hydrogen-bond donors (Lipinski definition) is 0. The first-order valence-corrected chi connectivity index (χ1v) is 18.9. The number of hydrogen-bond acceptors (Lipinski definition) is 8. The van der Waals surface area contributed by atoms with Crippen LogP contribution in [0.25, 0.3) is 11.1 Å². The number of carbonyl (C=O) groups is 1. The summed E-state index contributed by atoms with van der Waals surface area (Å²) in [6, 6.07) is 9.19. The van der Waals surface area contributed by atoms with Gasteiger partial charge in [0.2, 0.25) is 8.32 Å². The average molecular weight is 633 g/mol. The van der Waals surface area contributed by atoms with Gasteiger partial charge in [0.15, 0.2) is 13.6 Å². The van der Waals surface area contributed by atoms with Crippen molar-refractivity contribution in [1.29, 1.82) is 0 Å². The number of esters is 1.